The summed E-state index contributed by atoms with van der Waals surface area (Å²) < 4.78 is 0. The normalized spacial score (nSPS) is 17.8. The molecule has 0 radical (unpaired) electrons. The molecule has 2 aromatic carbocycles. The number of benzene rings is 2. The van der Waals surface area contributed by atoms with Crippen molar-refractivity contribution in [1.82, 2.24) is 0 Å². The molecule has 2 aromatic rings. The molecule has 0 aromatic heterocycles. The minimum Gasteiger partial charge on any atom is -0.508 e. The monoisotopic (exact) mass is 334 g/mol. The number of hydrogen-bond acceptors (Lipinski definition) is 1. The fraction of sp³-hybridized carbons (Fsp3) is 0.417. The molecule has 1 heteroatoms. The Balaban J connectivity index is 2.15. The first-order valence-corrected chi connectivity index (χ1v) is 9.18. The second-order valence-corrected chi connectivity index (χ2v) is 8.96. The molecule has 0 bridgehead atoms. The third-order valence-electron chi connectivity index (χ3n) is 6.08. The van der Waals surface area contributed by atoms with E-state index in [0.29, 0.717) is 5.75 Å². The van der Waals surface area contributed by atoms with Crippen molar-refractivity contribution in [2.45, 2.75) is 65.2 Å². The van der Waals surface area contributed by atoms with Gasteiger partial charge in [0, 0.05) is 0 Å². The third-order valence-corrected chi connectivity index (χ3v) is 6.08. The van der Waals surface area contributed by atoms with E-state index in [1.807, 2.05) is 25.1 Å². The Labute approximate surface area is 152 Å². The van der Waals surface area contributed by atoms with Crippen molar-refractivity contribution in [2.75, 3.05) is 0 Å². The molecular formula is C24H30O. The van der Waals surface area contributed by atoms with Gasteiger partial charge in [0.25, 0.3) is 0 Å². The van der Waals surface area contributed by atoms with Crippen LogP contribution < -0.4 is 0 Å². The molecule has 0 unspecified atom stereocenters. The zero-order valence-electron chi connectivity index (χ0n) is 16.5. The second kappa shape index (κ2) is 5.76. The molecule has 0 aliphatic heterocycles. The first kappa shape index (κ1) is 17.8. The van der Waals surface area contributed by atoms with E-state index in [2.05, 4.69) is 53.3 Å². The van der Waals surface area contributed by atoms with Crippen LogP contribution in [0, 0.1) is 13.8 Å². The van der Waals surface area contributed by atoms with Gasteiger partial charge in [0.15, 0.2) is 0 Å². The van der Waals surface area contributed by atoms with E-state index in [1.54, 1.807) is 0 Å². The van der Waals surface area contributed by atoms with E-state index in [-0.39, 0.29) is 10.8 Å². The van der Waals surface area contributed by atoms with Gasteiger partial charge in [0.05, 0.1) is 0 Å². The number of aryl methyl sites for hydroxylation is 2. The van der Waals surface area contributed by atoms with Gasteiger partial charge < -0.3 is 5.11 Å². The maximum absolute atomic E-state index is 10.1. The first-order valence-electron chi connectivity index (χ1n) is 9.18. The van der Waals surface area contributed by atoms with Gasteiger partial charge in [0.2, 0.25) is 0 Å². The van der Waals surface area contributed by atoms with Crippen LogP contribution in [0.2, 0.25) is 0 Å². The number of aromatic hydroxyl groups is 1. The highest BCUT2D eigenvalue weighted by Gasteiger charge is 2.37. The second-order valence-electron chi connectivity index (χ2n) is 8.96. The van der Waals surface area contributed by atoms with Crippen LogP contribution in [0.25, 0.3) is 5.57 Å². The number of phenols is 1. The van der Waals surface area contributed by atoms with E-state index in [9.17, 15) is 5.11 Å². The molecule has 0 atom stereocenters. The molecular weight excluding hydrogens is 304 g/mol. The standard InChI is InChI=1S/C24H30O/c1-15-8-9-18(13-22(15)25)17(3)19-14-21-20(12-16(19)2)23(4,5)10-11-24(21,6)7/h8-9,12-14,25H,3,10-11H2,1-2,4-7H3. The third kappa shape index (κ3) is 3.01. The summed E-state index contributed by atoms with van der Waals surface area (Å²) in [4.78, 5) is 0. The number of hydrogen-bond donors (Lipinski definition) is 1. The van der Waals surface area contributed by atoms with E-state index in [4.69, 9.17) is 0 Å². The van der Waals surface area contributed by atoms with Gasteiger partial charge >= 0.3 is 0 Å². The molecule has 0 spiro atoms. The van der Waals surface area contributed by atoms with Crippen molar-refractivity contribution in [3.05, 3.63) is 70.3 Å². The van der Waals surface area contributed by atoms with Crippen molar-refractivity contribution in [3.8, 4) is 5.75 Å². The Bertz CT molecular complexity index is 853. The average molecular weight is 335 g/mol. The fourth-order valence-electron chi connectivity index (χ4n) is 4.00. The summed E-state index contributed by atoms with van der Waals surface area (Å²) in [6.45, 7) is 17.8. The highest BCUT2D eigenvalue weighted by atomic mass is 16.3. The topological polar surface area (TPSA) is 20.2 Å². The van der Waals surface area contributed by atoms with Gasteiger partial charge in [-0.15, -0.1) is 0 Å². The summed E-state index contributed by atoms with van der Waals surface area (Å²) in [6, 6.07) is 10.5. The highest BCUT2D eigenvalue weighted by molar-refractivity contribution is 5.81. The Morgan fingerprint density at radius 2 is 1.44 bits per heavy atom. The molecule has 0 heterocycles. The van der Waals surface area contributed by atoms with Gasteiger partial charge in [-0.3, -0.25) is 0 Å². The lowest BCUT2D eigenvalue weighted by Crippen LogP contribution is -2.34. The predicted molar refractivity (Wildman–Crippen MR) is 107 cm³/mol. The summed E-state index contributed by atoms with van der Waals surface area (Å²) in [5.74, 6) is 0.329. The Kier molecular flexibility index (Phi) is 4.10. The Morgan fingerprint density at radius 3 is 2.00 bits per heavy atom. The van der Waals surface area contributed by atoms with Gasteiger partial charge in [-0.05, 0) is 82.5 Å². The lowest BCUT2D eigenvalue weighted by atomic mass is 9.62. The van der Waals surface area contributed by atoms with E-state index >= 15 is 0 Å². The summed E-state index contributed by atoms with van der Waals surface area (Å²) in [6.07, 6.45) is 2.42. The Hall–Kier alpha value is -2.02. The van der Waals surface area contributed by atoms with Crippen molar-refractivity contribution in [1.29, 1.82) is 0 Å². The fourth-order valence-corrected chi connectivity index (χ4v) is 4.00. The molecule has 1 aliphatic rings. The SMILES string of the molecule is C=C(c1ccc(C)c(O)c1)c1cc2c(cc1C)C(C)(C)CCC2(C)C. The quantitative estimate of drug-likeness (QED) is 0.672. The zero-order chi connectivity index (χ0) is 18.6. The molecule has 132 valence electrons. The summed E-state index contributed by atoms with van der Waals surface area (Å²) in [7, 11) is 0. The lowest BCUT2D eigenvalue weighted by molar-refractivity contribution is 0.331. The van der Waals surface area contributed by atoms with Crippen LogP contribution in [-0.2, 0) is 10.8 Å². The van der Waals surface area contributed by atoms with Crippen LogP contribution in [-0.4, -0.2) is 5.11 Å². The van der Waals surface area contributed by atoms with Crippen molar-refractivity contribution in [2.24, 2.45) is 0 Å². The molecule has 1 N–H and O–H groups in total. The molecule has 0 fully saturated rings. The molecule has 1 aliphatic carbocycles. The van der Waals surface area contributed by atoms with Crippen LogP contribution in [0.4, 0.5) is 0 Å². The van der Waals surface area contributed by atoms with Crippen LogP contribution >= 0.6 is 0 Å². The van der Waals surface area contributed by atoms with Crippen molar-refractivity contribution >= 4 is 5.57 Å². The average Bonchev–Trinajstić information content (AvgIpc) is 2.53. The van der Waals surface area contributed by atoms with Crippen molar-refractivity contribution in [3.63, 3.8) is 0 Å². The van der Waals surface area contributed by atoms with E-state index < -0.39 is 0 Å². The minimum absolute atomic E-state index is 0.184. The molecule has 25 heavy (non-hydrogen) atoms. The van der Waals surface area contributed by atoms with Crippen LogP contribution in [0.15, 0.2) is 36.9 Å². The predicted octanol–water partition coefficient (Wildman–Crippen LogP) is 6.42. The number of phenolic OH excluding ortho intramolecular Hbond substituents is 1. The van der Waals surface area contributed by atoms with Crippen molar-refractivity contribution < 1.29 is 5.11 Å². The smallest absolute Gasteiger partial charge is 0.119 e. The molecule has 0 saturated heterocycles. The van der Waals surface area contributed by atoms with E-state index in [0.717, 1.165) is 16.7 Å². The molecule has 3 rings (SSSR count). The van der Waals surface area contributed by atoms with Crippen LogP contribution in [0.5, 0.6) is 5.75 Å². The first-order chi connectivity index (χ1) is 11.5. The summed E-state index contributed by atoms with van der Waals surface area (Å²) in [5.41, 5.74) is 8.63. The maximum atomic E-state index is 10.1. The molecule has 0 saturated carbocycles. The number of fused-ring (bicyclic) bond motifs is 1. The molecule has 0 amide bonds. The Morgan fingerprint density at radius 1 is 0.880 bits per heavy atom. The largest absolute Gasteiger partial charge is 0.508 e. The van der Waals surface area contributed by atoms with E-state index in [1.165, 1.54) is 35.1 Å². The van der Waals surface area contributed by atoms with Gasteiger partial charge in [-0.1, -0.05) is 58.5 Å². The van der Waals surface area contributed by atoms with Crippen LogP contribution in [0.3, 0.4) is 0 Å². The molecule has 1 nitrogen and oxygen atoms in total. The minimum atomic E-state index is 0.184. The maximum Gasteiger partial charge on any atom is 0.119 e. The van der Waals surface area contributed by atoms with Gasteiger partial charge in [-0.25, -0.2) is 0 Å². The summed E-state index contributed by atoms with van der Waals surface area (Å²) >= 11 is 0. The number of rotatable bonds is 2. The zero-order valence-corrected chi connectivity index (χ0v) is 16.5. The highest BCUT2D eigenvalue weighted by Crippen LogP contribution is 2.47. The van der Waals surface area contributed by atoms with Crippen LogP contribution in [0.1, 0.15) is 73.9 Å². The summed E-state index contributed by atoms with van der Waals surface area (Å²) in [5, 5.41) is 10.1. The van der Waals surface area contributed by atoms with Gasteiger partial charge in [0.1, 0.15) is 5.75 Å². The lowest BCUT2D eigenvalue weighted by Gasteiger charge is -2.42. The van der Waals surface area contributed by atoms with Gasteiger partial charge in [-0.2, -0.15) is 0 Å².